The van der Waals surface area contributed by atoms with Gasteiger partial charge in [-0.3, -0.25) is 20.1 Å². The van der Waals surface area contributed by atoms with Crippen molar-refractivity contribution in [2.75, 3.05) is 5.32 Å². The second kappa shape index (κ2) is 9.01. The molecule has 9 nitrogen and oxygen atoms in total. The molecule has 0 heterocycles. The van der Waals surface area contributed by atoms with Gasteiger partial charge in [0.2, 0.25) is 0 Å². The predicted molar refractivity (Wildman–Crippen MR) is 111 cm³/mol. The molecule has 0 spiro atoms. The van der Waals surface area contributed by atoms with Gasteiger partial charge in [0, 0.05) is 17.0 Å². The van der Waals surface area contributed by atoms with E-state index in [4.69, 9.17) is 5.21 Å². The van der Waals surface area contributed by atoms with Crippen molar-refractivity contribution in [1.82, 2.24) is 10.4 Å². The van der Waals surface area contributed by atoms with E-state index in [0.29, 0.717) is 5.69 Å². The van der Waals surface area contributed by atoms with Crippen LogP contribution < -0.4 is 10.8 Å². The molecule has 3 amide bonds. The number of benzene rings is 3. The van der Waals surface area contributed by atoms with Gasteiger partial charge in [-0.25, -0.2) is 10.3 Å². The lowest BCUT2D eigenvalue weighted by atomic mass is 10.1. The molecule has 0 saturated carbocycles. The van der Waals surface area contributed by atoms with Gasteiger partial charge in [0.1, 0.15) is 6.04 Å². The molecule has 0 fully saturated rings. The summed E-state index contributed by atoms with van der Waals surface area (Å²) in [6.07, 6.45) is 0. The quantitative estimate of drug-likeness (QED) is 0.326. The highest BCUT2D eigenvalue weighted by Gasteiger charge is 2.28. The van der Waals surface area contributed by atoms with E-state index in [0.717, 1.165) is 15.7 Å². The summed E-state index contributed by atoms with van der Waals surface area (Å²) in [6.45, 7) is 1.21. The summed E-state index contributed by atoms with van der Waals surface area (Å²) in [5.41, 5.74) is 2.14. The predicted octanol–water partition coefficient (Wildman–Crippen LogP) is 3.68. The van der Waals surface area contributed by atoms with Crippen molar-refractivity contribution >= 4 is 34.1 Å². The van der Waals surface area contributed by atoms with E-state index in [1.54, 1.807) is 18.2 Å². The summed E-state index contributed by atoms with van der Waals surface area (Å²) in [5, 5.41) is 24.8. The van der Waals surface area contributed by atoms with Crippen LogP contribution in [0.15, 0.2) is 66.7 Å². The number of nitro benzene ring substituents is 1. The number of nitrogens with zero attached hydrogens (tertiary/aromatic N) is 2. The molecule has 3 aromatic rings. The number of rotatable bonds is 6. The Labute approximate surface area is 172 Å². The van der Waals surface area contributed by atoms with Crippen LogP contribution in [-0.4, -0.2) is 33.0 Å². The molecule has 3 aromatic carbocycles. The van der Waals surface area contributed by atoms with E-state index in [1.807, 2.05) is 30.3 Å². The molecule has 0 bridgehead atoms. The van der Waals surface area contributed by atoms with Crippen LogP contribution in [0.4, 0.5) is 16.2 Å². The lowest BCUT2D eigenvalue weighted by molar-refractivity contribution is -0.385. The monoisotopic (exact) mass is 408 g/mol. The number of amides is 3. The third-order valence-electron chi connectivity index (χ3n) is 4.78. The first-order chi connectivity index (χ1) is 14.4. The highest BCUT2D eigenvalue weighted by molar-refractivity contribution is 6.02. The van der Waals surface area contributed by atoms with Crippen LogP contribution >= 0.6 is 0 Å². The summed E-state index contributed by atoms with van der Waals surface area (Å²) in [4.78, 5) is 37.0. The molecule has 0 aliphatic carbocycles. The van der Waals surface area contributed by atoms with Gasteiger partial charge in [0.25, 0.3) is 11.6 Å². The van der Waals surface area contributed by atoms with E-state index < -0.39 is 22.9 Å². The zero-order chi connectivity index (χ0) is 21.7. The van der Waals surface area contributed by atoms with Crippen LogP contribution in [-0.2, 0) is 11.3 Å². The molecule has 0 radical (unpaired) electrons. The minimum absolute atomic E-state index is 0.169. The minimum Gasteiger partial charge on any atom is -0.308 e. The second-order valence-corrected chi connectivity index (χ2v) is 6.62. The van der Waals surface area contributed by atoms with Crippen LogP contribution in [0.2, 0.25) is 0 Å². The molecule has 1 atom stereocenters. The Bertz CT molecular complexity index is 1100. The molecule has 9 heteroatoms. The average Bonchev–Trinajstić information content (AvgIpc) is 2.76. The molecule has 3 rings (SSSR count). The van der Waals surface area contributed by atoms with E-state index in [1.165, 1.54) is 30.6 Å². The first-order valence-corrected chi connectivity index (χ1v) is 9.14. The standard InChI is InChI=1S/C21H20N4O5/c1-14(20(26)23-28)24(13-16-8-3-5-12-19(16)25(29)30)21(27)22-18-11-6-9-15-7-2-4-10-17(15)18/h2-12,14,28H,13H2,1H3,(H,22,27)(H,23,26)/t14-/m0/s1. The molecule has 154 valence electrons. The van der Waals surface area contributed by atoms with Crippen molar-refractivity contribution in [3.05, 3.63) is 82.4 Å². The molecular formula is C21H20N4O5. The van der Waals surface area contributed by atoms with Gasteiger partial charge in [-0.1, -0.05) is 54.6 Å². The fourth-order valence-electron chi connectivity index (χ4n) is 3.15. The maximum atomic E-state index is 13.1. The van der Waals surface area contributed by atoms with Crippen molar-refractivity contribution in [2.24, 2.45) is 0 Å². The lowest BCUT2D eigenvalue weighted by Crippen LogP contribution is -2.48. The van der Waals surface area contributed by atoms with E-state index in [-0.39, 0.29) is 17.8 Å². The largest absolute Gasteiger partial charge is 0.322 e. The SMILES string of the molecule is C[C@@H](C(=O)NO)N(Cc1ccccc1[N+](=O)[O-])C(=O)Nc1cccc2ccccc12. The van der Waals surface area contributed by atoms with Crippen molar-refractivity contribution in [3.63, 3.8) is 0 Å². The fourth-order valence-corrected chi connectivity index (χ4v) is 3.15. The number of nitrogens with one attached hydrogen (secondary N) is 2. The van der Waals surface area contributed by atoms with Gasteiger partial charge in [-0.05, 0) is 18.4 Å². The molecule has 0 aromatic heterocycles. The molecule has 0 unspecified atom stereocenters. The Morgan fingerprint density at radius 2 is 1.73 bits per heavy atom. The summed E-state index contributed by atoms with van der Waals surface area (Å²) < 4.78 is 0. The van der Waals surface area contributed by atoms with Crippen LogP contribution in [0.25, 0.3) is 10.8 Å². The second-order valence-electron chi connectivity index (χ2n) is 6.62. The molecule has 30 heavy (non-hydrogen) atoms. The Kier molecular flexibility index (Phi) is 6.23. The number of hydroxylamine groups is 1. The van der Waals surface area contributed by atoms with Crippen LogP contribution in [0.3, 0.4) is 0 Å². The summed E-state index contributed by atoms with van der Waals surface area (Å²) in [5.74, 6) is -0.818. The molecule has 3 N–H and O–H groups in total. The number of anilines is 1. The number of nitro groups is 1. The first kappa shape index (κ1) is 20.7. The van der Waals surface area contributed by atoms with Gasteiger partial charge < -0.3 is 10.2 Å². The highest BCUT2D eigenvalue weighted by Crippen LogP contribution is 2.25. The molecule has 0 aliphatic rings. The summed E-state index contributed by atoms with van der Waals surface area (Å²) >= 11 is 0. The molecular weight excluding hydrogens is 388 g/mol. The number of hydrogen-bond acceptors (Lipinski definition) is 5. The van der Waals surface area contributed by atoms with E-state index >= 15 is 0 Å². The number of para-hydroxylation sites is 1. The normalized spacial score (nSPS) is 11.5. The van der Waals surface area contributed by atoms with Crippen molar-refractivity contribution in [2.45, 2.75) is 19.5 Å². The van der Waals surface area contributed by atoms with Crippen LogP contribution in [0.1, 0.15) is 12.5 Å². The molecule has 0 saturated heterocycles. The first-order valence-electron chi connectivity index (χ1n) is 9.14. The topological polar surface area (TPSA) is 125 Å². The Hall–Kier alpha value is -3.98. The number of carbonyl (C=O) groups excluding carboxylic acids is 2. The van der Waals surface area contributed by atoms with Crippen molar-refractivity contribution in [1.29, 1.82) is 0 Å². The maximum absolute atomic E-state index is 13.1. The number of fused-ring (bicyclic) bond motifs is 1. The number of urea groups is 1. The average molecular weight is 408 g/mol. The van der Waals surface area contributed by atoms with Gasteiger partial charge in [0.05, 0.1) is 17.2 Å². The fraction of sp³-hybridized carbons (Fsp3) is 0.143. The van der Waals surface area contributed by atoms with Crippen LogP contribution in [0.5, 0.6) is 0 Å². The van der Waals surface area contributed by atoms with Gasteiger partial charge in [-0.2, -0.15) is 0 Å². The van der Waals surface area contributed by atoms with Gasteiger partial charge in [-0.15, -0.1) is 0 Å². The third-order valence-corrected chi connectivity index (χ3v) is 4.78. The smallest absolute Gasteiger partial charge is 0.308 e. The third kappa shape index (κ3) is 4.36. The van der Waals surface area contributed by atoms with Crippen molar-refractivity contribution in [3.8, 4) is 0 Å². The zero-order valence-electron chi connectivity index (χ0n) is 16.1. The molecule has 0 aliphatic heterocycles. The van der Waals surface area contributed by atoms with E-state index in [9.17, 15) is 19.7 Å². The van der Waals surface area contributed by atoms with Gasteiger partial charge >= 0.3 is 6.03 Å². The maximum Gasteiger partial charge on any atom is 0.322 e. The number of carbonyl (C=O) groups is 2. The van der Waals surface area contributed by atoms with E-state index in [2.05, 4.69) is 5.32 Å². The zero-order valence-corrected chi connectivity index (χ0v) is 16.1. The van der Waals surface area contributed by atoms with Crippen LogP contribution in [0, 0.1) is 10.1 Å². The summed E-state index contributed by atoms with van der Waals surface area (Å²) in [7, 11) is 0. The Morgan fingerprint density at radius 1 is 1.07 bits per heavy atom. The minimum atomic E-state index is -1.09. The van der Waals surface area contributed by atoms with Crippen molar-refractivity contribution < 1.29 is 19.7 Å². The lowest BCUT2D eigenvalue weighted by Gasteiger charge is -2.28. The summed E-state index contributed by atoms with van der Waals surface area (Å²) in [6, 6.07) is 17.1. The Morgan fingerprint density at radius 3 is 2.47 bits per heavy atom. The highest BCUT2D eigenvalue weighted by atomic mass is 16.6. The number of hydrogen-bond donors (Lipinski definition) is 3. The Balaban J connectivity index is 1.95. The van der Waals surface area contributed by atoms with Gasteiger partial charge in [0.15, 0.2) is 0 Å².